The van der Waals surface area contributed by atoms with Gasteiger partial charge in [-0.25, -0.2) is 8.42 Å². The van der Waals surface area contributed by atoms with Gasteiger partial charge in [0, 0.05) is 17.5 Å². The minimum atomic E-state index is -3.44. The van der Waals surface area contributed by atoms with Crippen molar-refractivity contribution in [3.8, 4) is 5.75 Å². The molecule has 0 unspecified atom stereocenters. The van der Waals surface area contributed by atoms with E-state index in [1.54, 1.807) is 12.1 Å². The van der Waals surface area contributed by atoms with Crippen molar-refractivity contribution >= 4 is 44.6 Å². The molecule has 0 saturated carbocycles. The summed E-state index contributed by atoms with van der Waals surface area (Å²) in [7, 11) is -3.44. The van der Waals surface area contributed by atoms with Crippen LogP contribution in [0.1, 0.15) is 15.9 Å². The molecule has 3 aromatic carbocycles. The first-order chi connectivity index (χ1) is 15.1. The van der Waals surface area contributed by atoms with Crippen LogP contribution in [0, 0.1) is 6.92 Å². The van der Waals surface area contributed by atoms with Gasteiger partial charge in [0.05, 0.1) is 15.6 Å². The molecular weight excluding hydrogens is 452 g/mol. The van der Waals surface area contributed by atoms with E-state index >= 15 is 0 Å². The van der Waals surface area contributed by atoms with Gasteiger partial charge in [0.2, 0.25) is 0 Å². The number of carbonyl (C=O) groups excluding carboxylic acids is 2. The van der Waals surface area contributed by atoms with Gasteiger partial charge in [-0.15, -0.1) is 0 Å². The van der Waals surface area contributed by atoms with Gasteiger partial charge in [0.15, 0.2) is 16.4 Å². The molecule has 32 heavy (non-hydrogen) atoms. The van der Waals surface area contributed by atoms with Gasteiger partial charge in [-0.1, -0.05) is 29.8 Å². The number of benzene rings is 3. The molecule has 7 nitrogen and oxygen atoms in total. The summed E-state index contributed by atoms with van der Waals surface area (Å²) in [6.45, 7) is 1.76. The second-order valence-corrected chi connectivity index (χ2v) is 9.53. The number of carbonyl (C=O) groups is 2. The van der Waals surface area contributed by atoms with E-state index in [0.717, 1.165) is 11.8 Å². The van der Waals surface area contributed by atoms with Gasteiger partial charge < -0.3 is 15.4 Å². The molecule has 0 aliphatic rings. The normalized spacial score (nSPS) is 11.0. The van der Waals surface area contributed by atoms with E-state index in [1.165, 1.54) is 36.4 Å². The molecule has 2 N–H and O–H groups in total. The number of hydrogen-bond donors (Lipinski definition) is 2. The van der Waals surface area contributed by atoms with Crippen LogP contribution < -0.4 is 15.4 Å². The molecule has 3 rings (SSSR count). The molecule has 2 amide bonds. The first kappa shape index (κ1) is 23.3. The molecular formula is C23H21ClN2O5S. The monoisotopic (exact) mass is 472 g/mol. The number of anilines is 2. The number of hydrogen-bond acceptors (Lipinski definition) is 5. The molecule has 0 atom stereocenters. The van der Waals surface area contributed by atoms with Gasteiger partial charge in [0.1, 0.15) is 5.75 Å². The summed E-state index contributed by atoms with van der Waals surface area (Å²) in [5.41, 5.74) is 1.95. The summed E-state index contributed by atoms with van der Waals surface area (Å²) < 4.78 is 28.8. The Morgan fingerprint density at radius 1 is 0.969 bits per heavy atom. The molecule has 0 bridgehead atoms. The minimum absolute atomic E-state index is 0.0437. The van der Waals surface area contributed by atoms with Gasteiger partial charge in [-0.2, -0.15) is 0 Å². The maximum absolute atomic E-state index is 12.5. The predicted octanol–water partition coefficient (Wildman–Crippen LogP) is 4.32. The van der Waals surface area contributed by atoms with Crippen LogP contribution in [0.25, 0.3) is 0 Å². The quantitative estimate of drug-likeness (QED) is 0.533. The van der Waals surface area contributed by atoms with E-state index in [1.807, 2.05) is 25.1 Å². The number of nitrogens with one attached hydrogen (secondary N) is 2. The van der Waals surface area contributed by atoms with Crippen LogP contribution in [-0.4, -0.2) is 33.1 Å². The standard InChI is InChI=1S/C23H21ClN2O5S/c1-15-5-3-7-18(11-15)31-14-22(27)25-17-9-10-21(20(24)13-17)26-23(28)16-6-4-8-19(12-16)32(2,29)30/h3-13H,14H2,1-2H3,(H,25,27)(H,26,28). The summed E-state index contributed by atoms with van der Waals surface area (Å²) in [5, 5.41) is 5.51. The Bertz CT molecular complexity index is 1270. The maximum Gasteiger partial charge on any atom is 0.262 e. The zero-order valence-corrected chi connectivity index (χ0v) is 19.0. The summed E-state index contributed by atoms with van der Waals surface area (Å²) in [6.07, 6.45) is 1.07. The third-order valence-corrected chi connectivity index (χ3v) is 5.81. The fourth-order valence-corrected chi connectivity index (χ4v) is 3.70. The van der Waals surface area contributed by atoms with Gasteiger partial charge >= 0.3 is 0 Å². The average Bonchev–Trinajstić information content (AvgIpc) is 2.74. The lowest BCUT2D eigenvalue weighted by molar-refractivity contribution is -0.118. The SMILES string of the molecule is Cc1cccc(OCC(=O)Nc2ccc(NC(=O)c3cccc(S(C)(=O)=O)c3)c(Cl)c2)c1. The van der Waals surface area contributed by atoms with Crippen LogP contribution >= 0.6 is 11.6 Å². The Labute approximate surface area is 191 Å². The number of sulfone groups is 1. The average molecular weight is 473 g/mol. The highest BCUT2D eigenvalue weighted by Crippen LogP contribution is 2.26. The molecule has 166 valence electrons. The van der Waals surface area contributed by atoms with Crippen LogP contribution in [-0.2, 0) is 14.6 Å². The Hall–Kier alpha value is -3.36. The third kappa shape index (κ3) is 6.32. The lowest BCUT2D eigenvalue weighted by Crippen LogP contribution is -2.20. The highest BCUT2D eigenvalue weighted by atomic mass is 35.5. The van der Waals surface area contributed by atoms with E-state index < -0.39 is 15.7 Å². The highest BCUT2D eigenvalue weighted by Gasteiger charge is 2.14. The molecule has 9 heteroatoms. The van der Waals surface area contributed by atoms with Crippen molar-refractivity contribution in [3.63, 3.8) is 0 Å². The molecule has 0 aromatic heterocycles. The molecule has 0 aliphatic carbocycles. The second kappa shape index (κ2) is 9.84. The molecule has 0 saturated heterocycles. The summed E-state index contributed by atoms with van der Waals surface area (Å²) in [6, 6.07) is 17.7. The Morgan fingerprint density at radius 2 is 1.72 bits per heavy atom. The van der Waals surface area contributed by atoms with Crippen LogP contribution in [0.3, 0.4) is 0 Å². The van der Waals surface area contributed by atoms with E-state index in [4.69, 9.17) is 16.3 Å². The van der Waals surface area contributed by atoms with E-state index in [2.05, 4.69) is 10.6 Å². The lowest BCUT2D eigenvalue weighted by atomic mass is 10.2. The van der Waals surface area contributed by atoms with Crippen LogP contribution in [0.5, 0.6) is 5.75 Å². The van der Waals surface area contributed by atoms with Gasteiger partial charge in [0.25, 0.3) is 11.8 Å². The first-order valence-corrected chi connectivity index (χ1v) is 11.8. The Kier molecular flexibility index (Phi) is 7.17. The van der Waals surface area contributed by atoms with Crippen molar-refractivity contribution in [1.82, 2.24) is 0 Å². The van der Waals surface area contributed by atoms with E-state index in [-0.39, 0.29) is 28.0 Å². The Balaban J connectivity index is 1.62. The third-order valence-electron chi connectivity index (χ3n) is 4.38. The number of aryl methyl sites for hydroxylation is 1. The van der Waals surface area contributed by atoms with Crippen molar-refractivity contribution in [1.29, 1.82) is 0 Å². The molecule has 0 radical (unpaired) electrons. The number of halogens is 1. The zero-order chi connectivity index (χ0) is 23.3. The largest absolute Gasteiger partial charge is 0.484 e. The number of ether oxygens (including phenoxy) is 1. The minimum Gasteiger partial charge on any atom is -0.484 e. The first-order valence-electron chi connectivity index (χ1n) is 9.52. The van der Waals surface area contributed by atoms with Gasteiger partial charge in [-0.3, -0.25) is 9.59 Å². The molecule has 3 aromatic rings. The lowest BCUT2D eigenvalue weighted by Gasteiger charge is -2.11. The smallest absolute Gasteiger partial charge is 0.262 e. The van der Waals surface area contributed by atoms with Crippen molar-refractivity contribution in [2.45, 2.75) is 11.8 Å². The topological polar surface area (TPSA) is 102 Å². The van der Waals surface area contributed by atoms with Crippen LogP contribution in [0.4, 0.5) is 11.4 Å². The number of rotatable bonds is 7. The molecule has 0 heterocycles. The molecule has 0 aliphatic heterocycles. The fraction of sp³-hybridized carbons (Fsp3) is 0.130. The molecule has 0 fully saturated rings. The van der Waals surface area contributed by atoms with Crippen LogP contribution in [0.2, 0.25) is 5.02 Å². The van der Waals surface area contributed by atoms with Crippen molar-refractivity contribution in [3.05, 3.63) is 82.9 Å². The van der Waals surface area contributed by atoms with E-state index in [0.29, 0.717) is 17.1 Å². The van der Waals surface area contributed by atoms with Crippen LogP contribution in [0.15, 0.2) is 71.6 Å². The van der Waals surface area contributed by atoms with E-state index in [9.17, 15) is 18.0 Å². The Morgan fingerprint density at radius 3 is 2.41 bits per heavy atom. The predicted molar refractivity (Wildman–Crippen MR) is 124 cm³/mol. The van der Waals surface area contributed by atoms with Crippen molar-refractivity contribution in [2.75, 3.05) is 23.5 Å². The summed E-state index contributed by atoms with van der Waals surface area (Å²) >= 11 is 6.25. The number of amides is 2. The van der Waals surface area contributed by atoms with Gasteiger partial charge in [-0.05, 0) is 61.0 Å². The maximum atomic E-state index is 12.5. The summed E-state index contributed by atoms with van der Waals surface area (Å²) in [4.78, 5) is 24.7. The highest BCUT2D eigenvalue weighted by molar-refractivity contribution is 7.90. The zero-order valence-electron chi connectivity index (χ0n) is 17.4. The summed E-state index contributed by atoms with van der Waals surface area (Å²) in [5.74, 6) is -0.283. The molecule has 0 spiro atoms. The van der Waals surface area contributed by atoms with Crippen molar-refractivity contribution in [2.24, 2.45) is 0 Å². The fourth-order valence-electron chi connectivity index (χ4n) is 2.81. The second-order valence-electron chi connectivity index (χ2n) is 7.10. The van der Waals surface area contributed by atoms with Crippen molar-refractivity contribution < 1.29 is 22.7 Å².